The summed E-state index contributed by atoms with van der Waals surface area (Å²) in [6.07, 6.45) is 5.24. The number of carbonyl (C=O) groups is 2. The lowest BCUT2D eigenvalue weighted by Gasteiger charge is -2.20. The molecule has 176 valence electrons. The number of carbonyl (C=O) groups excluding carboxylic acids is 2. The fourth-order valence-corrected chi connectivity index (χ4v) is 4.57. The van der Waals surface area contributed by atoms with Crippen LogP contribution < -0.4 is 10.1 Å². The molecule has 0 aliphatic carbocycles. The molecular weight excluding hydrogens is 492 g/mol. The summed E-state index contributed by atoms with van der Waals surface area (Å²) in [6, 6.07) is 22.6. The third kappa shape index (κ3) is 6.48. The maximum atomic E-state index is 12.9. The largest absolute Gasteiger partial charge is 0.492 e. The van der Waals surface area contributed by atoms with Crippen molar-refractivity contribution in [2.45, 2.75) is 32.1 Å². The maximum Gasteiger partial charge on any atom is 0.255 e. The van der Waals surface area contributed by atoms with Gasteiger partial charge in [0.15, 0.2) is 0 Å². The average Bonchev–Trinajstić information content (AvgIpc) is 3.15. The van der Waals surface area contributed by atoms with Crippen LogP contribution in [0.3, 0.4) is 0 Å². The zero-order chi connectivity index (χ0) is 23.8. The van der Waals surface area contributed by atoms with Gasteiger partial charge in [-0.3, -0.25) is 9.59 Å². The average molecular weight is 521 g/mol. The molecule has 1 N–H and O–H groups in total. The van der Waals surface area contributed by atoms with E-state index in [1.54, 1.807) is 42.5 Å². The van der Waals surface area contributed by atoms with E-state index in [2.05, 4.69) is 33.4 Å². The minimum Gasteiger partial charge on any atom is -0.492 e. The van der Waals surface area contributed by atoms with Gasteiger partial charge < -0.3 is 15.0 Å². The van der Waals surface area contributed by atoms with E-state index in [1.807, 2.05) is 23.1 Å². The van der Waals surface area contributed by atoms with E-state index in [4.69, 9.17) is 4.74 Å². The first-order valence-electron chi connectivity index (χ1n) is 11.8. The standard InChI is InChI=1S/C28H29BrN2O3/c29-25-20-22(13-14-26(25)34-18-15-21-9-4-3-5-10-21)27(32)30-24-12-8-11-23(19-24)28(33)31-16-6-1-2-7-17-31/h3-5,8-14,19-20H,1-2,6-7,15-18H2,(H,30,32). The van der Waals surface area contributed by atoms with Crippen LogP contribution in [0.5, 0.6) is 5.75 Å². The van der Waals surface area contributed by atoms with Gasteiger partial charge in [0.05, 0.1) is 11.1 Å². The molecule has 34 heavy (non-hydrogen) atoms. The third-order valence-corrected chi connectivity index (χ3v) is 6.57. The first kappa shape index (κ1) is 24.0. The number of nitrogens with one attached hydrogen (secondary N) is 1. The van der Waals surface area contributed by atoms with E-state index < -0.39 is 0 Å². The van der Waals surface area contributed by atoms with E-state index >= 15 is 0 Å². The van der Waals surface area contributed by atoms with Gasteiger partial charge in [-0.15, -0.1) is 0 Å². The van der Waals surface area contributed by atoms with E-state index in [0.29, 0.717) is 29.2 Å². The second-order valence-corrected chi connectivity index (χ2v) is 9.32. The van der Waals surface area contributed by atoms with Crippen molar-refractivity contribution in [3.05, 3.63) is 94.0 Å². The first-order valence-corrected chi connectivity index (χ1v) is 12.6. The molecule has 0 radical (unpaired) electrons. The summed E-state index contributed by atoms with van der Waals surface area (Å²) in [4.78, 5) is 27.7. The zero-order valence-corrected chi connectivity index (χ0v) is 20.7. The Morgan fingerprint density at radius 3 is 2.35 bits per heavy atom. The van der Waals surface area contributed by atoms with Gasteiger partial charge in [-0.1, -0.05) is 49.2 Å². The molecule has 2 amide bonds. The molecule has 4 rings (SSSR count). The molecule has 1 aliphatic rings. The molecule has 3 aromatic carbocycles. The molecule has 0 saturated carbocycles. The van der Waals surface area contributed by atoms with Gasteiger partial charge in [-0.2, -0.15) is 0 Å². The summed E-state index contributed by atoms with van der Waals surface area (Å²) < 4.78 is 6.60. The number of anilines is 1. The van der Waals surface area contributed by atoms with Crippen molar-refractivity contribution >= 4 is 33.4 Å². The van der Waals surface area contributed by atoms with Crippen LogP contribution in [0.1, 0.15) is 52.0 Å². The molecule has 5 nitrogen and oxygen atoms in total. The predicted octanol–water partition coefficient (Wildman–Crippen LogP) is 6.34. The summed E-state index contributed by atoms with van der Waals surface area (Å²) in [5.74, 6) is 0.478. The molecule has 1 saturated heterocycles. The van der Waals surface area contributed by atoms with Crippen LogP contribution in [0, 0.1) is 0 Å². The second-order valence-electron chi connectivity index (χ2n) is 8.47. The van der Waals surface area contributed by atoms with Gasteiger partial charge >= 0.3 is 0 Å². The van der Waals surface area contributed by atoms with Crippen molar-refractivity contribution in [3.63, 3.8) is 0 Å². The normalized spacial score (nSPS) is 13.7. The monoisotopic (exact) mass is 520 g/mol. The molecule has 6 heteroatoms. The van der Waals surface area contributed by atoms with Crippen LogP contribution in [-0.2, 0) is 6.42 Å². The minimum absolute atomic E-state index is 0.0257. The van der Waals surface area contributed by atoms with Crippen molar-refractivity contribution < 1.29 is 14.3 Å². The van der Waals surface area contributed by atoms with E-state index in [1.165, 1.54) is 18.4 Å². The van der Waals surface area contributed by atoms with E-state index in [0.717, 1.165) is 36.8 Å². The highest BCUT2D eigenvalue weighted by atomic mass is 79.9. The fraction of sp³-hybridized carbons (Fsp3) is 0.286. The van der Waals surface area contributed by atoms with Crippen LogP contribution >= 0.6 is 15.9 Å². The van der Waals surface area contributed by atoms with Crippen molar-refractivity contribution in [2.75, 3.05) is 25.0 Å². The van der Waals surface area contributed by atoms with Crippen LogP contribution in [0.4, 0.5) is 5.69 Å². The molecule has 1 heterocycles. The summed E-state index contributed by atoms with van der Waals surface area (Å²) in [6.45, 7) is 2.14. The van der Waals surface area contributed by atoms with Crippen molar-refractivity contribution in [1.29, 1.82) is 0 Å². The number of ether oxygens (including phenoxy) is 1. The first-order chi connectivity index (χ1) is 16.6. The van der Waals surface area contributed by atoms with Gasteiger partial charge in [0.25, 0.3) is 11.8 Å². The number of benzene rings is 3. The van der Waals surface area contributed by atoms with Crippen LogP contribution in [0.25, 0.3) is 0 Å². The van der Waals surface area contributed by atoms with Gasteiger partial charge in [-0.25, -0.2) is 0 Å². The number of rotatable bonds is 7. The minimum atomic E-state index is -0.240. The lowest BCUT2D eigenvalue weighted by Crippen LogP contribution is -2.31. The topological polar surface area (TPSA) is 58.6 Å². The van der Waals surface area contributed by atoms with E-state index in [9.17, 15) is 9.59 Å². The number of likely N-dealkylation sites (tertiary alicyclic amines) is 1. The van der Waals surface area contributed by atoms with Gasteiger partial charge in [0, 0.05) is 36.3 Å². The second kappa shape index (κ2) is 11.8. The lowest BCUT2D eigenvalue weighted by atomic mass is 10.1. The Morgan fingerprint density at radius 1 is 0.853 bits per heavy atom. The Kier molecular flexibility index (Phi) is 8.36. The lowest BCUT2D eigenvalue weighted by molar-refractivity contribution is 0.0761. The maximum absolute atomic E-state index is 12.9. The summed E-state index contributed by atoms with van der Waals surface area (Å²) in [5, 5.41) is 2.91. The molecule has 1 aliphatic heterocycles. The Hall–Kier alpha value is -3.12. The fourth-order valence-electron chi connectivity index (χ4n) is 4.07. The number of hydrogen-bond donors (Lipinski definition) is 1. The van der Waals surface area contributed by atoms with Gasteiger partial charge in [0.2, 0.25) is 0 Å². The highest BCUT2D eigenvalue weighted by molar-refractivity contribution is 9.10. The molecular formula is C28H29BrN2O3. The van der Waals surface area contributed by atoms with E-state index in [-0.39, 0.29) is 11.8 Å². The molecule has 0 atom stereocenters. The van der Waals surface area contributed by atoms with Crippen LogP contribution in [0.15, 0.2) is 77.3 Å². The summed E-state index contributed by atoms with van der Waals surface area (Å²) >= 11 is 3.51. The predicted molar refractivity (Wildman–Crippen MR) is 139 cm³/mol. The summed E-state index contributed by atoms with van der Waals surface area (Å²) in [7, 11) is 0. The third-order valence-electron chi connectivity index (χ3n) is 5.95. The molecule has 3 aromatic rings. The van der Waals surface area contributed by atoms with Crippen molar-refractivity contribution in [3.8, 4) is 5.75 Å². The highest BCUT2D eigenvalue weighted by Crippen LogP contribution is 2.27. The zero-order valence-electron chi connectivity index (χ0n) is 19.1. The summed E-state index contributed by atoms with van der Waals surface area (Å²) in [5.41, 5.74) is 2.92. The molecule has 0 bridgehead atoms. The Bertz CT molecular complexity index is 1130. The van der Waals surface area contributed by atoms with Gasteiger partial charge in [-0.05, 0) is 70.7 Å². The number of amides is 2. The van der Waals surface area contributed by atoms with Crippen molar-refractivity contribution in [2.24, 2.45) is 0 Å². The Labute approximate surface area is 209 Å². The quantitative estimate of drug-likeness (QED) is 0.395. The number of halogens is 1. The SMILES string of the molecule is O=C(Nc1cccc(C(=O)N2CCCCCC2)c1)c1ccc(OCCc2ccccc2)c(Br)c1. The molecule has 0 aromatic heterocycles. The number of nitrogens with zero attached hydrogens (tertiary/aromatic N) is 1. The van der Waals surface area contributed by atoms with Gasteiger partial charge in [0.1, 0.15) is 5.75 Å². The Morgan fingerprint density at radius 2 is 1.62 bits per heavy atom. The smallest absolute Gasteiger partial charge is 0.255 e. The molecule has 0 spiro atoms. The van der Waals surface area contributed by atoms with Crippen LogP contribution in [-0.4, -0.2) is 36.4 Å². The molecule has 1 fully saturated rings. The van der Waals surface area contributed by atoms with Crippen LogP contribution in [0.2, 0.25) is 0 Å². The highest BCUT2D eigenvalue weighted by Gasteiger charge is 2.18. The Balaban J connectivity index is 1.36. The van der Waals surface area contributed by atoms with Crippen molar-refractivity contribution in [1.82, 2.24) is 4.90 Å². The number of hydrogen-bond acceptors (Lipinski definition) is 3. The molecule has 0 unspecified atom stereocenters.